The highest BCUT2D eigenvalue weighted by atomic mass is 16.5. The van der Waals surface area contributed by atoms with E-state index in [1.165, 1.54) is 11.1 Å². The fourth-order valence-electron chi connectivity index (χ4n) is 2.81. The molecular formula is C22H32N4O2. The Morgan fingerprint density at radius 3 is 2.32 bits per heavy atom. The molecule has 2 aromatic carbocycles. The summed E-state index contributed by atoms with van der Waals surface area (Å²) >= 11 is 0. The van der Waals surface area contributed by atoms with E-state index in [1.807, 2.05) is 26.1 Å². The Bertz CT molecular complexity index is 714. The van der Waals surface area contributed by atoms with Crippen LogP contribution in [0.15, 0.2) is 53.5 Å². The van der Waals surface area contributed by atoms with Crippen LogP contribution in [0.5, 0.6) is 5.75 Å². The molecule has 0 spiro atoms. The Morgan fingerprint density at radius 2 is 1.71 bits per heavy atom. The van der Waals surface area contributed by atoms with Gasteiger partial charge in [0.1, 0.15) is 5.75 Å². The number of ether oxygens (including phenoxy) is 2. The van der Waals surface area contributed by atoms with E-state index in [-0.39, 0.29) is 0 Å². The number of hydrogen-bond acceptors (Lipinski definition) is 4. The largest absolute Gasteiger partial charge is 0.494 e. The minimum Gasteiger partial charge on any atom is -0.494 e. The second-order valence-corrected chi connectivity index (χ2v) is 6.45. The molecule has 0 aliphatic carbocycles. The third kappa shape index (κ3) is 7.12. The number of guanidine groups is 1. The van der Waals surface area contributed by atoms with Gasteiger partial charge in [0, 0.05) is 46.5 Å². The lowest BCUT2D eigenvalue weighted by molar-refractivity contribution is 0.211. The molecule has 0 aliphatic rings. The molecule has 0 fully saturated rings. The Balaban J connectivity index is 1.84. The van der Waals surface area contributed by atoms with Crippen LogP contribution in [0.25, 0.3) is 0 Å². The van der Waals surface area contributed by atoms with Crippen molar-refractivity contribution in [2.24, 2.45) is 4.99 Å². The number of rotatable bonds is 10. The van der Waals surface area contributed by atoms with Crippen molar-refractivity contribution < 1.29 is 9.47 Å². The van der Waals surface area contributed by atoms with Gasteiger partial charge in [0.15, 0.2) is 5.96 Å². The number of nitrogens with one attached hydrogen (secondary N) is 2. The van der Waals surface area contributed by atoms with Crippen LogP contribution >= 0.6 is 0 Å². The zero-order chi connectivity index (χ0) is 20.2. The van der Waals surface area contributed by atoms with Gasteiger partial charge in [-0.15, -0.1) is 0 Å². The van der Waals surface area contributed by atoms with Gasteiger partial charge in [-0.1, -0.05) is 24.3 Å². The van der Waals surface area contributed by atoms with Crippen molar-refractivity contribution in [3.8, 4) is 5.75 Å². The highest BCUT2D eigenvalue weighted by Gasteiger charge is 2.07. The van der Waals surface area contributed by atoms with Gasteiger partial charge < -0.3 is 25.0 Å². The normalized spacial score (nSPS) is 11.2. The molecule has 6 nitrogen and oxygen atoms in total. The van der Waals surface area contributed by atoms with Crippen LogP contribution in [-0.2, 0) is 17.8 Å². The third-order valence-corrected chi connectivity index (χ3v) is 4.27. The average molecular weight is 385 g/mol. The molecule has 0 heterocycles. The summed E-state index contributed by atoms with van der Waals surface area (Å²) in [5.41, 5.74) is 3.51. The van der Waals surface area contributed by atoms with Gasteiger partial charge in [-0.25, -0.2) is 0 Å². The van der Waals surface area contributed by atoms with Crippen molar-refractivity contribution in [2.45, 2.75) is 20.0 Å². The summed E-state index contributed by atoms with van der Waals surface area (Å²) in [5.74, 6) is 1.76. The maximum Gasteiger partial charge on any atom is 0.193 e. The van der Waals surface area contributed by atoms with Gasteiger partial charge >= 0.3 is 0 Å². The minimum atomic E-state index is 0.681. The number of aliphatic imine (C=N–C) groups is 1. The second-order valence-electron chi connectivity index (χ2n) is 6.45. The Hall–Kier alpha value is -2.73. The molecule has 0 saturated heterocycles. The summed E-state index contributed by atoms with van der Waals surface area (Å²) in [6.45, 7) is 5.66. The topological polar surface area (TPSA) is 58.1 Å². The quantitative estimate of drug-likeness (QED) is 0.374. The van der Waals surface area contributed by atoms with Gasteiger partial charge in [0.25, 0.3) is 0 Å². The van der Waals surface area contributed by atoms with Crippen LogP contribution in [0.4, 0.5) is 5.69 Å². The highest BCUT2D eigenvalue weighted by Crippen LogP contribution is 2.13. The van der Waals surface area contributed by atoms with E-state index < -0.39 is 0 Å². The summed E-state index contributed by atoms with van der Waals surface area (Å²) in [6, 6.07) is 16.6. The maximum absolute atomic E-state index is 5.50. The first-order chi connectivity index (χ1) is 13.7. The smallest absolute Gasteiger partial charge is 0.193 e. The van der Waals surface area contributed by atoms with Crippen LogP contribution in [0.1, 0.15) is 18.1 Å². The average Bonchev–Trinajstić information content (AvgIpc) is 2.71. The van der Waals surface area contributed by atoms with Gasteiger partial charge in [-0.2, -0.15) is 0 Å². The molecular weight excluding hydrogens is 352 g/mol. The predicted molar refractivity (Wildman–Crippen MR) is 116 cm³/mol. The van der Waals surface area contributed by atoms with E-state index >= 15 is 0 Å². The summed E-state index contributed by atoms with van der Waals surface area (Å²) in [4.78, 5) is 6.50. The molecule has 2 rings (SSSR count). The highest BCUT2D eigenvalue weighted by molar-refractivity contribution is 5.79. The van der Waals surface area contributed by atoms with Gasteiger partial charge in [0.05, 0.1) is 13.2 Å². The summed E-state index contributed by atoms with van der Waals surface area (Å²) in [5, 5.41) is 6.74. The zero-order valence-electron chi connectivity index (χ0n) is 17.4. The van der Waals surface area contributed by atoms with E-state index in [1.54, 1.807) is 14.2 Å². The van der Waals surface area contributed by atoms with Crippen molar-refractivity contribution in [1.29, 1.82) is 0 Å². The third-order valence-electron chi connectivity index (χ3n) is 4.27. The van der Waals surface area contributed by atoms with E-state index in [0.717, 1.165) is 37.0 Å². The van der Waals surface area contributed by atoms with Gasteiger partial charge in [-0.3, -0.25) is 4.99 Å². The molecule has 2 aromatic rings. The lowest BCUT2D eigenvalue weighted by atomic mass is 10.2. The second kappa shape index (κ2) is 11.9. The molecule has 0 aliphatic heterocycles. The lowest BCUT2D eigenvalue weighted by Crippen LogP contribution is -2.38. The monoisotopic (exact) mass is 384 g/mol. The number of benzene rings is 2. The summed E-state index contributed by atoms with van der Waals surface area (Å²) in [7, 11) is 5.55. The molecule has 28 heavy (non-hydrogen) atoms. The summed E-state index contributed by atoms with van der Waals surface area (Å²) < 4.78 is 10.5. The Kier molecular flexibility index (Phi) is 9.15. The number of hydrogen-bond donors (Lipinski definition) is 2. The van der Waals surface area contributed by atoms with Crippen LogP contribution in [0.2, 0.25) is 0 Å². The molecule has 0 bridgehead atoms. The van der Waals surface area contributed by atoms with Crippen molar-refractivity contribution in [3.63, 3.8) is 0 Å². The molecule has 0 radical (unpaired) electrons. The molecule has 0 atom stereocenters. The number of nitrogens with zero attached hydrogens (tertiary/aromatic N) is 2. The molecule has 0 unspecified atom stereocenters. The van der Waals surface area contributed by atoms with E-state index in [9.17, 15) is 0 Å². The molecule has 0 amide bonds. The first kappa shape index (κ1) is 21.6. The first-order valence-corrected chi connectivity index (χ1v) is 9.61. The summed E-state index contributed by atoms with van der Waals surface area (Å²) in [6.07, 6.45) is 0. The fraction of sp³-hybridized carbons (Fsp3) is 0.409. The number of anilines is 1. The van der Waals surface area contributed by atoms with Crippen molar-refractivity contribution in [2.75, 3.05) is 46.3 Å². The predicted octanol–water partition coefficient (Wildman–Crippen LogP) is 3.35. The molecule has 2 N–H and O–H groups in total. The van der Waals surface area contributed by atoms with Crippen LogP contribution in [0, 0.1) is 0 Å². The van der Waals surface area contributed by atoms with Crippen LogP contribution in [-0.4, -0.2) is 51.8 Å². The Labute approximate surface area is 168 Å². The zero-order valence-corrected chi connectivity index (χ0v) is 17.4. The van der Waals surface area contributed by atoms with Crippen molar-refractivity contribution in [3.05, 3.63) is 59.7 Å². The minimum absolute atomic E-state index is 0.681. The van der Waals surface area contributed by atoms with Gasteiger partial charge in [0.2, 0.25) is 0 Å². The van der Waals surface area contributed by atoms with Gasteiger partial charge in [-0.05, 0) is 42.3 Å². The molecule has 0 saturated carbocycles. The van der Waals surface area contributed by atoms with Crippen LogP contribution in [0.3, 0.4) is 0 Å². The molecule has 0 aromatic heterocycles. The fourth-order valence-corrected chi connectivity index (χ4v) is 2.81. The van der Waals surface area contributed by atoms with Crippen molar-refractivity contribution in [1.82, 2.24) is 10.2 Å². The van der Waals surface area contributed by atoms with E-state index in [0.29, 0.717) is 13.2 Å². The lowest BCUT2D eigenvalue weighted by Gasteiger charge is -2.22. The van der Waals surface area contributed by atoms with Crippen molar-refractivity contribution >= 4 is 11.6 Å². The van der Waals surface area contributed by atoms with E-state index in [4.69, 9.17) is 9.47 Å². The molecule has 6 heteroatoms. The maximum atomic E-state index is 5.50. The Morgan fingerprint density at radius 1 is 1.04 bits per heavy atom. The standard InChI is InChI=1S/C22H32N4O2/c1-5-28-21-12-8-19(9-13-21)17-26(3)22(23-2)25-16-18-6-10-20(11-7-18)24-14-15-27-4/h6-13,24H,5,14-17H2,1-4H3,(H,23,25). The molecule has 152 valence electrons. The SMILES string of the molecule is CCOc1ccc(CN(C)C(=NC)NCc2ccc(NCCOC)cc2)cc1. The van der Waals surface area contributed by atoms with Crippen LogP contribution < -0.4 is 15.4 Å². The van der Waals surface area contributed by atoms with E-state index in [2.05, 4.69) is 56.9 Å². The first-order valence-electron chi connectivity index (χ1n) is 9.61. The number of methoxy groups -OCH3 is 1.